The summed E-state index contributed by atoms with van der Waals surface area (Å²) in [5.41, 5.74) is 5.73. The molecule has 0 aliphatic carbocycles. The van der Waals surface area contributed by atoms with E-state index in [2.05, 4.69) is 27.4 Å². The zero-order chi connectivity index (χ0) is 26.6. The molecule has 0 saturated heterocycles. The van der Waals surface area contributed by atoms with E-state index in [0.29, 0.717) is 17.0 Å². The third-order valence-corrected chi connectivity index (χ3v) is 6.48. The minimum atomic E-state index is -0.535. The summed E-state index contributed by atoms with van der Waals surface area (Å²) in [6.45, 7) is 3.70. The van der Waals surface area contributed by atoms with Gasteiger partial charge in [0.15, 0.2) is 12.0 Å². The van der Waals surface area contributed by atoms with Gasteiger partial charge in [0.25, 0.3) is 0 Å². The number of ether oxygens (including phenoxy) is 1. The van der Waals surface area contributed by atoms with Gasteiger partial charge in [-0.3, -0.25) is 9.97 Å². The topological polar surface area (TPSA) is 125 Å². The second kappa shape index (κ2) is 10.5. The van der Waals surface area contributed by atoms with Crippen molar-refractivity contribution in [1.82, 2.24) is 25.1 Å². The first-order valence-electron chi connectivity index (χ1n) is 11.9. The fourth-order valence-electron chi connectivity index (χ4n) is 4.71. The number of nitriles is 2. The van der Waals surface area contributed by atoms with Crippen LogP contribution in [0.1, 0.15) is 42.7 Å². The van der Waals surface area contributed by atoms with Gasteiger partial charge in [-0.15, -0.1) is 5.10 Å². The first-order valence-corrected chi connectivity index (χ1v) is 11.9. The lowest BCUT2D eigenvalue weighted by atomic mass is 9.81. The number of dihydropyridines is 1. The van der Waals surface area contributed by atoms with E-state index in [4.69, 9.17) is 14.8 Å². The highest BCUT2D eigenvalue weighted by molar-refractivity contribution is 5.93. The molecule has 0 radical (unpaired) electrons. The summed E-state index contributed by atoms with van der Waals surface area (Å²) in [6.07, 6.45) is 8.04. The summed E-state index contributed by atoms with van der Waals surface area (Å²) in [7, 11) is 1.62. The number of methoxy groups -OCH3 is 1. The SMILES string of the molecule is COC(c1cccnc1)n1nc(/N=C/c2cccnc2)c2cc(C3C(C#N)=C(C)NC(C)=C3C#N)ccc21. The molecular weight excluding hydrogens is 476 g/mol. The fourth-order valence-corrected chi connectivity index (χ4v) is 4.71. The number of hydrogen-bond acceptors (Lipinski definition) is 8. The second-order valence-corrected chi connectivity index (χ2v) is 8.82. The number of rotatable bonds is 6. The van der Waals surface area contributed by atoms with Crippen molar-refractivity contribution in [1.29, 1.82) is 10.5 Å². The predicted molar refractivity (Wildman–Crippen MR) is 143 cm³/mol. The van der Waals surface area contributed by atoms with Crippen LogP contribution in [0.25, 0.3) is 10.9 Å². The van der Waals surface area contributed by atoms with E-state index in [1.165, 1.54) is 0 Å². The molecule has 3 aromatic heterocycles. The lowest BCUT2D eigenvalue weighted by molar-refractivity contribution is 0.0718. The molecule has 186 valence electrons. The Kier molecular flexibility index (Phi) is 6.77. The molecule has 4 heterocycles. The van der Waals surface area contributed by atoms with Crippen molar-refractivity contribution in [3.63, 3.8) is 0 Å². The quantitative estimate of drug-likeness (QED) is 0.367. The standard InChI is InChI=1S/C29H24N8O/c1-18-24(13-30)27(25(14-31)19(2)35-18)21-8-9-26-23(12-21)28(34-16-20-6-4-10-32-15-20)36-37(26)29(38-3)22-7-5-11-33-17-22/h4-12,15-17,27,29,35H,1-3H3/b34-16+. The van der Waals surface area contributed by atoms with Crippen molar-refractivity contribution in [3.05, 3.63) is 106 Å². The Balaban J connectivity index is 1.71. The van der Waals surface area contributed by atoms with E-state index in [1.807, 2.05) is 56.3 Å². The van der Waals surface area contributed by atoms with Crippen molar-refractivity contribution in [2.75, 3.05) is 7.11 Å². The van der Waals surface area contributed by atoms with E-state index >= 15 is 0 Å². The van der Waals surface area contributed by atoms with Crippen LogP contribution in [0.5, 0.6) is 0 Å². The van der Waals surface area contributed by atoms with Crippen LogP contribution in [-0.4, -0.2) is 33.1 Å². The minimum Gasteiger partial charge on any atom is -0.361 e. The van der Waals surface area contributed by atoms with Gasteiger partial charge in [0.1, 0.15) is 0 Å². The predicted octanol–water partition coefficient (Wildman–Crippen LogP) is 5.05. The zero-order valence-corrected chi connectivity index (χ0v) is 21.1. The van der Waals surface area contributed by atoms with Crippen molar-refractivity contribution in [2.24, 2.45) is 4.99 Å². The van der Waals surface area contributed by atoms with Gasteiger partial charge in [-0.25, -0.2) is 9.67 Å². The van der Waals surface area contributed by atoms with Crippen molar-refractivity contribution in [2.45, 2.75) is 26.0 Å². The lowest BCUT2D eigenvalue weighted by Crippen LogP contribution is -2.23. The maximum Gasteiger partial charge on any atom is 0.181 e. The number of allylic oxidation sites excluding steroid dienone is 4. The van der Waals surface area contributed by atoms with Gasteiger partial charge >= 0.3 is 0 Å². The van der Waals surface area contributed by atoms with Crippen LogP contribution < -0.4 is 5.32 Å². The Hall–Kier alpha value is -5.12. The summed E-state index contributed by atoms with van der Waals surface area (Å²) < 4.78 is 7.61. The average molecular weight is 501 g/mol. The van der Waals surface area contributed by atoms with E-state index in [9.17, 15) is 10.5 Å². The largest absolute Gasteiger partial charge is 0.361 e. The number of hydrogen-bond donors (Lipinski definition) is 1. The van der Waals surface area contributed by atoms with E-state index < -0.39 is 12.1 Å². The van der Waals surface area contributed by atoms with Gasteiger partial charge in [-0.05, 0) is 43.7 Å². The van der Waals surface area contributed by atoms with E-state index in [0.717, 1.165) is 39.0 Å². The van der Waals surface area contributed by atoms with Crippen LogP contribution >= 0.6 is 0 Å². The third kappa shape index (κ3) is 4.43. The van der Waals surface area contributed by atoms with E-state index in [-0.39, 0.29) is 0 Å². The molecule has 1 aliphatic rings. The molecule has 1 aromatic carbocycles. The summed E-state index contributed by atoms with van der Waals surface area (Å²) in [4.78, 5) is 13.1. The van der Waals surface area contributed by atoms with Crippen LogP contribution in [0, 0.1) is 22.7 Å². The molecule has 4 aromatic rings. The lowest BCUT2D eigenvalue weighted by Gasteiger charge is -2.26. The van der Waals surface area contributed by atoms with Gasteiger partial charge in [-0.2, -0.15) is 10.5 Å². The molecule has 1 unspecified atom stereocenters. The maximum atomic E-state index is 9.96. The number of nitrogens with one attached hydrogen (secondary N) is 1. The van der Waals surface area contributed by atoms with Gasteiger partial charge in [0.05, 0.1) is 34.7 Å². The number of nitrogens with zero attached hydrogens (tertiary/aromatic N) is 7. The van der Waals surface area contributed by atoms with Crippen LogP contribution in [0.15, 0.2) is 94.8 Å². The smallest absolute Gasteiger partial charge is 0.181 e. The molecule has 0 amide bonds. The summed E-state index contributed by atoms with van der Waals surface area (Å²) in [6, 6.07) is 17.9. The molecule has 0 saturated carbocycles. The molecule has 38 heavy (non-hydrogen) atoms. The van der Waals surface area contributed by atoms with Crippen LogP contribution in [0.2, 0.25) is 0 Å². The zero-order valence-electron chi connectivity index (χ0n) is 21.1. The molecule has 1 atom stereocenters. The normalized spacial score (nSPS) is 15.0. The van der Waals surface area contributed by atoms with Crippen molar-refractivity contribution >= 4 is 22.9 Å². The Morgan fingerprint density at radius 2 is 1.74 bits per heavy atom. The number of pyridine rings is 2. The number of fused-ring (bicyclic) bond motifs is 1. The summed E-state index contributed by atoms with van der Waals surface area (Å²) in [5.74, 6) is -0.0188. The molecule has 0 fully saturated rings. The Morgan fingerprint density at radius 1 is 1.03 bits per heavy atom. The number of aromatic nitrogens is 4. The van der Waals surface area contributed by atoms with Crippen LogP contribution in [0.4, 0.5) is 5.82 Å². The van der Waals surface area contributed by atoms with Gasteiger partial charge in [-0.1, -0.05) is 18.2 Å². The Bertz CT molecular complexity index is 1630. The first kappa shape index (κ1) is 24.6. The van der Waals surface area contributed by atoms with Gasteiger partial charge < -0.3 is 10.1 Å². The Morgan fingerprint density at radius 3 is 2.34 bits per heavy atom. The molecule has 1 N–H and O–H groups in total. The van der Waals surface area contributed by atoms with Gasteiger partial charge in [0.2, 0.25) is 0 Å². The highest BCUT2D eigenvalue weighted by atomic mass is 16.5. The molecule has 5 rings (SSSR count). The molecular formula is C29H24N8O. The summed E-state index contributed by atoms with van der Waals surface area (Å²) in [5, 5.41) is 28.7. The maximum absolute atomic E-state index is 9.96. The van der Waals surface area contributed by atoms with Crippen LogP contribution in [-0.2, 0) is 4.74 Å². The van der Waals surface area contributed by atoms with Crippen LogP contribution in [0.3, 0.4) is 0 Å². The first-order chi connectivity index (χ1) is 18.5. The molecule has 0 spiro atoms. The van der Waals surface area contributed by atoms with E-state index in [1.54, 1.807) is 42.8 Å². The summed E-state index contributed by atoms with van der Waals surface area (Å²) >= 11 is 0. The van der Waals surface area contributed by atoms with Gasteiger partial charge in [0, 0.05) is 66.0 Å². The molecule has 9 heteroatoms. The molecule has 1 aliphatic heterocycles. The molecule has 0 bridgehead atoms. The van der Waals surface area contributed by atoms with Crippen molar-refractivity contribution in [3.8, 4) is 12.1 Å². The highest BCUT2D eigenvalue weighted by Crippen LogP contribution is 2.40. The Labute approximate surface area is 220 Å². The second-order valence-electron chi connectivity index (χ2n) is 8.82. The molecule has 9 nitrogen and oxygen atoms in total. The number of benzene rings is 1. The highest BCUT2D eigenvalue weighted by Gasteiger charge is 2.30. The van der Waals surface area contributed by atoms with Crippen molar-refractivity contribution < 1.29 is 4.74 Å². The fraction of sp³-hybridized carbons (Fsp3) is 0.172. The third-order valence-electron chi connectivity index (χ3n) is 6.48. The monoisotopic (exact) mass is 500 g/mol. The average Bonchev–Trinajstić information content (AvgIpc) is 3.30. The minimum absolute atomic E-state index is 0.476. The number of aliphatic imine (C=N–C) groups is 1.